The summed E-state index contributed by atoms with van der Waals surface area (Å²) in [6.07, 6.45) is 12.6. The number of likely N-dealkylation sites (tertiary alicyclic amines) is 1. The summed E-state index contributed by atoms with van der Waals surface area (Å²) in [4.78, 5) is 32.5. The van der Waals surface area contributed by atoms with Gasteiger partial charge in [0.25, 0.3) is 0 Å². The van der Waals surface area contributed by atoms with Gasteiger partial charge < -0.3 is 10.2 Å². The lowest BCUT2D eigenvalue weighted by Crippen LogP contribution is -2.56. The zero-order chi connectivity index (χ0) is 20.0. The molecule has 1 unspecified atom stereocenters. The van der Waals surface area contributed by atoms with Gasteiger partial charge in [0.1, 0.15) is 0 Å². The molecular formula is C24H33N3O2. The van der Waals surface area contributed by atoms with Crippen molar-refractivity contribution in [1.82, 2.24) is 15.2 Å². The molecule has 1 atom stereocenters. The summed E-state index contributed by atoms with van der Waals surface area (Å²) in [6, 6.07) is 3.85. The summed E-state index contributed by atoms with van der Waals surface area (Å²) in [5.74, 6) is 2.92. The van der Waals surface area contributed by atoms with E-state index in [0.29, 0.717) is 5.91 Å². The third kappa shape index (κ3) is 3.57. The molecule has 2 amide bonds. The van der Waals surface area contributed by atoms with E-state index < -0.39 is 0 Å². The quantitative estimate of drug-likeness (QED) is 0.845. The number of rotatable bonds is 4. The van der Waals surface area contributed by atoms with Gasteiger partial charge >= 0.3 is 0 Å². The maximum Gasteiger partial charge on any atom is 0.228 e. The lowest BCUT2D eigenvalue weighted by molar-refractivity contribution is -0.159. The minimum absolute atomic E-state index is 0.00883. The Bertz CT molecular complexity index is 734. The van der Waals surface area contributed by atoms with Crippen molar-refractivity contribution in [3.63, 3.8) is 0 Å². The first-order valence-corrected chi connectivity index (χ1v) is 11.5. The van der Waals surface area contributed by atoms with Crippen LogP contribution in [0.5, 0.6) is 0 Å². The number of carbonyl (C=O) groups excluding carboxylic acids is 2. The van der Waals surface area contributed by atoms with Gasteiger partial charge in [0.05, 0.1) is 11.5 Å². The number of amides is 2. The fourth-order valence-corrected chi connectivity index (χ4v) is 7.10. The monoisotopic (exact) mass is 395 g/mol. The number of carbonyl (C=O) groups is 2. The number of hydrogen-bond acceptors (Lipinski definition) is 3. The predicted octanol–water partition coefficient (Wildman–Crippen LogP) is 3.71. The van der Waals surface area contributed by atoms with Crippen LogP contribution in [0.25, 0.3) is 0 Å². The molecule has 2 heterocycles. The van der Waals surface area contributed by atoms with Gasteiger partial charge in [-0.1, -0.05) is 6.07 Å². The van der Waals surface area contributed by atoms with Crippen molar-refractivity contribution in [2.45, 2.75) is 64.3 Å². The molecule has 5 fully saturated rings. The molecule has 1 saturated heterocycles. The highest BCUT2D eigenvalue weighted by Crippen LogP contribution is 2.60. The van der Waals surface area contributed by atoms with E-state index in [9.17, 15) is 9.59 Å². The number of aromatic nitrogens is 1. The number of nitrogens with zero attached hydrogens (tertiary/aromatic N) is 2. The van der Waals surface area contributed by atoms with Gasteiger partial charge in [0.2, 0.25) is 11.8 Å². The van der Waals surface area contributed by atoms with Gasteiger partial charge in [0, 0.05) is 31.4 Å². The Morgan fingerprint density at radius 2 is 1.72 bits per heavy atom. The number of piperidine rings is 1. The maximum atomic E-state index is 13.5. The van der Waals surface area contributed by atoms with E-state index in [4.69, 9.17) is 0 Å². The summed E-state index contributed by atoms with van der Waals surface area (Å²) < 4.78 is 0. The third-order valence-electron chi connectivity index (χ3n) is 8.19. The topological polar surface area (TPSA) is 62.3 Å². The van der Waals surface area contributed by atoms with Crippen LogP contribution in [0.2, 0.25) is 0 Å². The second kappa shape index (κ2) is 7.41. The van der Waals surface area contributed by atoms with Crippen molar-refractivity contribution in [3.8, 4) is 0 Å². The van der Waals surface area contributed by atoms with Crippen molar-refractivity contribution in [2.24, 2.45) is 29.1 Å². The summed E-state index contributed by atoms with van der Waals surface area (Å²) in [7, 11) is 0. The number of hydrogen-bond donors (Lipinski definition) is 1. The van der Waals surface area contributed by atoms with Crippen LogP contribution in [0.15, 0.2) is 24.5 Å². The first-order valence-electron chi connectivity index (χ1n) is 11.5. The Morgan fingerprint density at radius 3 is 2.28 bits per heavy atom. The molecular weight excluding hydrogens is 362 g/mol. The van der Waals surface area contributed by atoms with Gasteiger partial charge in [-0.05, 0) is 87.7 Å². The summed E-state index contributed by atoms with van der Waals surface area (Å²) in [5.41, 5.74) is 0.967. The first kappa shape index (κ1) is 19.1. The Morgan fingerprint density at radius 1 is 1.10 bits per heavy atom. The molecule has 1 aliphatic heterocycles. The van der Waals surface area contributed by atoms with Gasteiger partial charge in [-0.15, -0.1) is 0 Å². The Hall–Kier alpha value is -1.91. The Kier molecular flexibility index (Phi) is 4.87. The summed E-state index contributed by atoms with van der Waals surface area (Å²) in [6.45, 7) is 3.47. The fraction of sp³-hybridized carbons (Fsp3) is 0.708. The molecule has 1 aromatic heterocycles. The van der Waals surface area contributed by atoms with Crippen LogP contribution < -0.4 is 5.32 Å². The zero-order valence-electron chi connectivity index (χ0n) is 17.5. The van der Waals surface area contributed by atoms with Crippen LogP contribution in [0, 0.1) is 29.1 Å². The van der Waals surface area contributed by atoms with Crippen molar-refractivity contribution in [3.05, 3.63) is 30.1 Å². The molecule has 4 aliphatic carbocycles. The molecule has 4 bridgehead atoms. The molecule has 1 aromatic rings. The van der Waals surface area contributed by atoms with Crippen molar-refractivity contribution in [1.29, 1.82) is 0 Å². The molecule has 0 aromatic carbocycles. The second-order valence-corrected chi connectivity index (χ2v) is 10.3. The minimum Gasteiger partial charge on any atom is -0.349 e. The molecule has 1 N–H and O–H groups in total. The van der Waals surface area contributed by atoms with E-state index in [1.54, 1.807) is 12.4 Å². The van der Waals surface area contributed by atoms with Crippen molar-refractivity contribution in [2.75, 3.05) is 13.1 Å². The van der Waals surface area contributed by atoms with Crippen LogP contribution >= 0.6 is 0 Å². The Labute approximate surface area is 173 Å². The van der Waals surface area contributed by atoms with Crippen molar-refractivity contribution < 1.29 is 9.59 Å². The number of pyridine rings is 1. The normalized spacial score (nSPS) is 34.8. The maximum absolute atomic E-state index is 13.5. The van der Waals surface area contributed by atoms with E-state index in [2.05, 4.69) is 15.2 Å². The van der Waals surface area contributed by atoms with Crippen LogP contribution in [-0.4, -0.2) is 34.8 Å². The summed E-state index contributed by atoms with van der Waals surface area (Å²) in [5, 5.41) is 3.14. The molecule has 0 radical (unpaired) electrons. The average molecular weight is 396 g/mol. The molecule has 6 rings (SSSR count). The van der Waals surface area contributed by atoms with E-state index >= 15 is 0 Å². The molecule has 5 nitrogen and oxygen atoms in total. The van der Waals surface area contributed by atoms with E-state index in [-0.39, 0.29) is 23.3 Å². The zero-order valence-corrected chi connectivity index (χ0v) is 17.5. The predicted molar refractivity (Wildman–Crippen MR) is 111 cm³/mol. The van der Waals surface area contributed by atoms with E-state index in [0.717, 1.165) is 68.5 Å². The average Bonchev–Trinajstić information content (AvgIpc) is 2.73. The lowest BCUT2D eigenvalue weighted by atomic mass is 9.49. The second-order valence-electron chi connectivity index (χ2n) is 10.3. The van der Waals surface area contributed by atoms with Crippen molar-refractivity contribution >= 4 is 11.8 Å². The van der Waals surface area contributed by atoms with Gasteiger partial charge in [0.15, 0.2) is 0 Å². The SMILES string of the molecule is CC(NC(=O)C1CCN(C(=O)C23CC4CC(CC(C4)C2)C3)CC1)c1cccnc1. The highest BCUT2D eigenvalue weighted by atomic mass is 16.2. The highest BCUT2D eigenvalue weighted by Gasteiger charge is 2.55. The van der Waals surface area contributed by atoms with E-state index in [1.165, 1.54) is 19.3 Å². The first-order chi connectivity index (χ1) is 14.0. The van der Waals surface area contributed by atoms with Crippen LogP contribution in [0.1, 0.15) is 69.9 Å². The van der Waals surface area contributed by atoms with Crippen LogP contribution in [-0.2, 0) is 9.59 Å². The molecule has 0 spiro atoms. The molecule has 5 aliphatic rings. The van der Waals surface area contributed by atoms with Gasteiger partial charge in [-0.3, -0.25) is 14.6 Å². The molecule has 29 heavy (non-hydrogen) atoms. The minimum atomic E-state index is -0.0569. The standard InChI is InChI=1S/C24H33N3O2/c1-16(21-3-2-6-25-15-21)26-22(28)20-4-7-27(8-5-20)23(29)24-12-17-9-18(13-24)11-19(10-17)14-24/h2-3,6,15-20H,4-5,7-14H2,1H3,(H,26,28). The third-order valence-corrected chi connectivity index (χ3v) is 8.19. The van der Waals surface area contributed by atoms with Gasteiger partial charge in [-0.2, -0.15) is 0 Å². The summed E-state index contributed by atoms with van der Waals surface area (Å²) >= 11 is 0. The van der Waals surface area contributed by atoms with E-state index in [1.807, 2.05) is 19.1 Å². The Balaban J connectivity index is 1.17. The highest BCUT2D eigenvalue weighted by molar-refractivity contribution is 5.84. The fourth-order valence-electron chi connectivity index (χ4n) is 7.10. The molecule has 4 saturated carbocycles. The lowest BCUT2D eigenvalue weighted by Gasteiger charge is -2.57. The number of nitrogens with one attached hydrogen (secondary N) is 1. The van der Waals surface area contributed by atoms with Gasteiger partial charge in [-0.25, -0.2) is 0 Å². The smallest absolute Gasteiger partial charge is 0.228 e. The van der Waals surface area contributed by atoms with Crippen LogP contribution in [0.3, 0.4) is 0 Å². The largest absolute Gasteiger partial charge is 0.349 e. The molecule has 156 valence electrons. The van der Waals surface area contributed by atoms with Crippen LogP contribution in [0.4, 0.5) is 0 Å². The molecule has 5 heteroatoms.